The van der Waals surface area contributed by atoms with Crippen LogP contribution < -0.4 is 10.6 Å². The van der Waals surface area contributed by atoms with Crippen LogP contribution in [0.3, 0.4) is 0 Å². The van der Waals surface area contributed by atoms with E-state index in [4.69, 9.17) is 9.47 Å². The number of nitrogens with one attached hydrogen (secondary N) is 2. The van der Waals surface area contributed by atoms with E-state index < -0.39 is 0 Å². The van der Waals surface area contributed by atoms with Crippen molar-refractivity contribution in [3.63, 3.8) is 0 Å². The van der Waals surface area contributed by atoms with Crippen LogP contribution in [0.2, 0.25) is 0 Å². The highest BCUT2D eigenvalue weighted by molar-refractivity contribution is 5.85. The Bertz CT molecular complexity index is 557. The maximum atomic E-state index is 12.0. The Morgan fingerprint density at radius 3 is 2.68 bits per heavy atom. The molecule has 1 amide bonds. The maximum absolute atomic E-state index is 12.0. The lowest BCUT2D eigenvalue weighted by Gasteiger charge is -2.34. The van der Waals surface area contributed by atoms with Crippen LogP contribution in [-0.4, -0.2) is 43.7 Å². The van der Waals surface area contributed by atoms with Crippen LogP contribution >= 0.6 is 12.4 Å². The Kier molecular flexibility index (Phi) is 7.68. The molecule has 1 atom stereocenters. The van der Waals surface area contributed by atoms with Crippen LogP contribution in [-0.2, 0) is 25.7 Å². The Balaban J connectivity index is 0.00000225. The summed E-state index contributed by atoms with van der Waals surface area (Å²) >= 11 is 0. The second kappa shape index (κ2) is 9.75. The average Bonchev–Trinajstić information content (AvgIpc) is 2.57. The lowest BCUT2D eigenvalue weighted by atomic mass is 9.80. The van der Waals surface area contributed by atoms with E-state index in [9.17, 15) is 9.59 Å². The van der Waals surface area contributed by atoms with Gasteiger partial charge < -0.3 is 20.1 Å². The lowest BCUT2D eigenvalue weighted by molar-refractivity contribution is -0.154. The van der Waals surface area contributed by atoms with Gasteiger partial charge >= 0.3 is 5.97 Å². The molecule has 25 heavy (non-hydrogen) atoms. The number of benzene rings is 1. The van der Waals surface area contributed by atoms with E-state index in [1.54, 1.807) is 0 Å². The van der Waals surface area contributed by atoms with Crippen molar-refractivity contribution in [1.82, 2.24) is 10.6 Å². The van der Waals surface area contributed by atoms with Crippen molar-refractivity contribution >= 4 is 24.3 Å². The van der Waals surface area contributed by atoms with Crippen LogP contribution in [0.25, 0.3) is 0 Å². The first kappa shape index (κ1) is 19.7. The normalized spacial score (nSPS) is 25.2. The lowest BCUT2D eigenvalue weighted by Crippen LogP contribution is -2.50. The molecule has 0 radical (unpaired) electrons. The SMILES string of the molecule is Cl.O=C(CC1COCCN1)NC1CC(C(=O)OCc2ccccc2)C1. The minimum atomic E-state index is -0.174. The van der Waals surface area contributed by atoms with Crippen molar-refractivity contribution < 1.29 is 19.1 Å². The maximum Gasteiger partial charge on any atom is 0.309 e. The molecule has 3 rings (SSSR count). The molecule has 138 valence electrons. The molecule has 1 heterocycles. The first-order valence-corrected chi connectivity index (χ1v) is 8.52. The molecule has 1 aliphatic carbocycles. The number of carbonyl (C=O) groups excluding carboxylic acids is 2. The number of hydrogen-bond donors (Lipinski definition) is 2. The predicted octanol–water partition coefficient (Wildman–Crippen LogP) is 1.42. The van der Waals surface area contributed by atoms with Crippen LogP contribution in [0.1, 0.15) is 24.8 Å². The average molecular weight is 369 g/mol. The molecule has 1 aromatic carbocycles. The number of amides is 1. The van der Waals surface area contributed by atoms with Gasteiger partial charge in [0.15, 0.2) is 0 Å². The molecule has 0 bridgehead atoms. The number of halogens is 1. The van der Waals surface area contributed by atoms with Crippen LogP contribution in [0.5, 0.6) is 0 Å². The molecule has 0 aromatic heterocycles. The van der Waals surface area contributed by atoms with Gasteiger partial charge in [0.2, 0.25) is 5.91 Å². The van der Waals surface area contributed by atoms with Crippen LogP contribution in [0.15, 0.2) is 30.3 Å². The molecule has 2 aliphatic rings. The molecular formula is C18H25ClN2O4. The van der Waals surface area contributed by atoms with Crippen LogP contribution in [0.4, 0.5) is 0 Å². The molecule has 0 spiro atoms. The fraction of sp³-hybridized carbons (Fsp3) is 0.556. The Morgan fingerprint density at radius 1 is 1.24 bits per heavy atom. The molecule has 2 N–H and O–H groups in total. The zero-order valence-corrected chi connectivity index (χ0v) is 14.9. The highest BCUT2D eigenvalue weighted by Gasteiger charge is 2.36. The summed E-state index contributed by atoms with van der Waals surface area (Å²) in [5, 5.41) is 6.24. The summed E-state index contributed by atoms with van der Waals surface area (Å²) < 4.78 is 10.7. The summed E-state index contributed by atoms with van der Waals surface area (Å²) in [6.07, 6.45) is 1.74. The smallest absolute Gasteiger partial charge is 0.309 e. The summed E-state index contributed by atoms with van der Waals surface area (Å²) in [5.74, 6) is -0.263. The van der Waals surface area contributed by atoms with Crippen molar-refractivity contribution in [2.45, 2.75) is 38.0 Å². The highest BCUT2D eigenvalue weighted by atomic mass is 35.5. The number of carbonyl (C=O) groups is 2. The highest BCUT2D eigenvalue weighted by Crippen LogP contribution is 2.29. The fourth-order valence-electron chi connectivity index (χ4n) is 3.04. The number of morpholine rings is 1. The minimum absolute atomic E-state index is 0. The van der Waals surface area contributed by atoms with E-state index >= 15 is 0 Å². The second-order valence-electron chi connectivity index (χ2n) is 6.46. The Morgan fingerprint density at radius 2 is 2.00 bits per heavy atom. The quantitative estimate of drug-likeness (QED) is 0.743. The zero-order chi connectivity index (χ0) is 16.8. The van der Waals surface area contributed by atoms with Crippen LogP contribution in [0, 0.1) is 5.92 Å². The third-order valence-electron chi connectivity index (χ3n) is 4.49. The molecule has 1 aliphatic heterocycles. The molecule has 6 nitrogen and oxygen atoms in total. The Hall–Kier alpha value is -1.63. The standard InChI is InChI=1S/C18H24N2O4.ClH/c21-17(10-16-12-23-7-6-19-16)20-15-8-14(9-15)18(22)24-11-13-4-2-1-3-5-13;/h1-5,14-16,19H,6-12H2,(H,20,21);1H. The third kappa shape index (κ3) is 5.99. The molecule has 1 aromatic rings. The van der Waals surface area contributed by atoms with Crippen molar-refractivity contribution in [2.24, 2.45) is 5.92 Å². The molecule has 7 heteroatoms. The van der Waals surface area contributed by atoms with E-state index in [0.717, 1.165) is 12.1 Å². The largest absolute Gasteiger partial charge is 0.461 e. The monoisotopic (exact) mass is 368 g/mol. The van der Waals surface area contributed by atoms with Gasteiger partial charge in [-0.2, -0.15) is 0 Å². The van der Waals surface area contributed by atoms with Gasteiger partial charge in [0.1, 0.15) is 6.61 Å². The number of esters is 1. The molecule has 1 unspecified atom stereocenters. The van der Waals surface area contributed by atoms with Gasteiger partial charge in [-0.05, 0) is 18.4 Å². The van der Waals surface area contributed by atoms with Gasteiger partial charge in [0.05, 0.1) is 19.1 Å². The van der Waals surface area contributed by atoms with E-state index in [2.05, 4.69) is 10.6 Å². The summed E-state index contributed by atoms with van der Waals surface area (Å²) in [6.45, 7) is 2.37. The number of ether oxygens (including phenoxy) is 2. The van der Waals surface area contributed by atoms with Gasteiger partial charge in [0.25, 0.3) is 0 Å². The van der Waals surface area contributed by atoms with E-state index in [1.807, 2.05) is 30.3 Å². The predicted molar refractivity (Wildman–Crippen MR) is 95.4 cm³/mol. The summed E-state index contributed by atoms with van der Waals surface area (Å²) in [6, 6.07) is 9.80. The topological polar surface area (TPSA) is 76.7 Å². The fourth-order valence-corrected chi connectivity index (χ4v) is 3.04. The van der Waals surface area contributed by atoms with Crippen molar-refractivity contribution in [1.29, 1.82) is 0 Å². The number of rotatable bonds is 6. The van der Waals surface area contributed by atoms with Gasteiger partial charge in [-0.15, -0.1) is 12.4 Å². The third-order valence-corrected chi connectivity index (χ3v) is 4.49. The first-order chi connectivity index (χ1) is 11.7. The number of hydrogen-bond acceptors (Lipinski definition) is 5. The summed E-state index contributed by atoms with van der Waals surface area (Å²) in [5.41, 5.74) is 0.984. The van der Waals surface area contributed by atoms with Gasteiger partial charge in [-0.25, -0.2) is 0 Å². The van der Waals surface area contributed by atoms with Gasteiger partial charge in [-0.1, -0.05) is 30.3 Å². The zero-order valence-electron chi connectivity index (χ0n) is 14.1. The minimum Gasteiger partial charge on any atom is -0.461 e. The molecular weight excluding hydrogens is 344 g/mol. The molecule has 1 saturated heterocycles. The Labute approximate surface area is 154 Å². The van der Waals surface area contributed by atoms with Gasteiger partial charge in [-0.3, -0.25) is 9.59 Å². The second-order valence-corrected chi connectivity index (χ2v) is 6.46. The van der Waals surface area contributed by atoms with Crippen molar-refractivity contribution in [3.8, 4) is 0 Å². The summed E-state index contributed by atoms with van der Waals surface area (Å²) in [4.78, 5) is 24.0. The van der Waals surface area contributed by atoms with E-state index in [0.29, 0.717) is 39.1 Å². The first-order valence-electron chi connectivity index (χ1n) is 8.52. The van der Waals surface area contributed by atoms with E-state index in [1.165, 1.54) is 0 Å². The van der Waals surface area contributed by atoms with Gasteiger partial charge in [0, 0.05) is 25.0 Å². The van der Waals surface area contributed by atoms with Crippen molar-refractivity contribution in [2.75, 3.05) is 19.8 Å². The molecule has 1 saturated carbocycles. The molecule has 2 fully saturated rings. The summed E-state index contributed by atoms with van der Waals surface area (Å²) in [7, 11) is 0. The van der Waals surface area contributed by atoms with Crippen molar-refractivity contribution in [3.05, 3.63) is 35.9 Å². The van der Waals surface area contributed by atoms with E-state index in [-0.39, 0.29) is 42.3 Å².